The van der Waals surface area contributed by atoms with Crippen molar-refractivity contribution in [2.75, 3.05) is 12.9 Å². The Morgan fingerprint density at radius 3 is 3.24 bits per heavy atom. The first kappa shape index (κ1) is 14.6. The Hall–Kier alpha value is -1.34. The summed E-state index contributed by atoms with van der Waals surface area (Å²) in [4.78, 5) is 13.5. The number of ether oxygens (including phenoxy) is 1. The summed E-state index contributed by atoms with van der Waals surface area (Å²) in [7, 11) is 1.36. The maximum absolute atomic E-state index is 11.1. The van der Waals surface area contributed by atoms with Crippen molar-refractivity contribution in [3.63, 3.8) is 0 Å². The van der Waals surface area contributed by atoms with Crippen LogP contribution in [-0.2, 0) is 22.4 Å². The quantitative estimate of drug-likeness (QED) is 0.636. The van der Waals surface area contributed by atoms with Gasteiger partial charge in [-0.15, -0.1) is 21.5 Å². The predicted molar refractivity (Wildman–Crippen MR) is 81.5 cm³/mol. The maximum atomic E-state index is 11.1. The molecule has 2 aromatic rings. The molecule has 0 saturated carbocycles. The summed E-state index contributed by atoms with van der Waals surface area (Å²) in [5.74, 6) is 1.15. The standard InChI is InChI=1S/C14H16N2O3S2/c1-8-3-4-10-9(5-8)6-11(21-10)13-15-16-14(19-13)20-7-12(17)18-2/h6,8H,3-5,7H2,1-2H3/t8-/m1/s1. The van der Waals surface area contributed by atoms with Gasteiger partial charge >= 0.3 is 5.97 Å². The van der Waals surface area contributed by atoms with E-state index in [1.165, 1.54) is 35.7 Å². The highest BCUT2D eigenvalue weighted by molar-refractivity contribution is 7.99. The van der Waals surface area contributed by atoms with Crippen LogP contribution in [-0.4, -0.2) is 29.0 Å². The van der Waals surface area contributed by atoms with Crippen LogP contribution in [0.4, 0.5) is 0 Å². The van der Waals surface area contributed by atoms with Crippen LogP contribution in [0.3, 0.4) is 0 Å². The predicted octanol–water partition coefficient (Wildman–Crippen LogP) is 3.19. The fraction of sp³-hybridized carbons (Fsp3) is 0.500. The molecule has 21 heavy (non-hydrogen) atoms. The molecule has 2 aromatic heterocycles. The molecular formula is C14H16N2O3S2. The third-order valence-electron chi connectivity index (χ3n) is 3.49. The second-order valence-corrected chi connectivity index (χ2v) is 7.21. The number of carbonyl (C=O) groups excluding carboxylic acids is 1. The summed E-state index contributed by atoms with van der Waals surface area (Å²) in [6.07, 6.45) is 3.51. The third-order valence-corrected chi connectivity index (χ3v) is 5.50. The smallest absolute Gasteiger partial charge is 0.316 e. The van der Waals surface area contributed by atoms with Gasteiger partial charge in [-0.2, -0.15) is 0 Å². The molecule has 5 nitrogen and oxygen atoms in total. The van der Waals surface area contributed by atoms with Crippen LogP contribution in [0, 0.1) is 5.92 Å². The van der Waals surface area contributed by atoms with E-state index in [9.17, 15) is 4.79 Å². The Labute approximate surface area is 131 Å². The molecular weight excluding hydrogens is 308 g/mol. The number of hydrogen-bond acceptors (Lipinski definition) is 7. The maximum Gasteiger partial charge on any atom is 0.316 e. The van der Waals surface area contributed by atoms with Crippen LogP contribution in [0.2, 0.25) is 0 Å². The zero-order chi connectivity index (χ0) is 14.8. The van der Waals surface area contributed by atoms with Crippen molar-refractivity contribution < 1.29 is 13.9 Å². The van der Waals surface area contributed by atoms with E-state index in [1.54, 1.807) is 11.3 Å². The van der Waals surface area contributed by atoms with Gasteiger partial charge in [-0.1, -0.05) is 18.7 Å². The third kappa shape index (κ3) is 3.29. The zero-order valence-corrected chi connectivity index (χ0v) is 13.6. The van der Waals surface area contributed by atoms with Gasteiger partial charge in [0.15, 0.2) is 0 Å². The van der Waals surface area contributed by atoms with Gasteiger partial charge in [0, 0.05) is 4.88 Å². The number of thioether (sulfide) groups is 1. The topological polar surface area (TPSA) is 65.2 Å². The first-order chi connectivity index (χ1) is 10.2. The van der Waals surface area contributed by atoms with Gasteiger partial charge in [0.1, 0.15) is 5.75 Å². The van der Waals surface area contributed by atoms with Gasteiger partial charge in [-0.05, 0) is 36.8 Å². The van der Waals surface area contributed by atoms with Crippen molar-refractivity contribution in [1.29, 1.82) is 0 Å². The Balaban J connectivity index is 1.73. The Kier molecular flexibility index (Phi) is 4.30. The minimum atomic E-state index is -0.305. The number of nitrogens with zero attached hydrogens (tertiary/aromatic N) is 2. The monoisotopic (exact) mass is 324 g/mol. The molecule has 7 heteroatoms. The van der Waals surface area contributed by atoms with Crippen LogP contribution in [0.15, 0.2) is 15.7 Å². The largest absolute Gasteiger partial charge is 0.468 e. The van der Waals surface area contributed by atoms with E-state index in [4.69, 9.17) is 4.42 Å². The van der Waals surface area contributed by atoms with E-state index in [2.05, 4.69) is 27.9 Å². The van der Waals surface area contributed by atoms with E-state index in [0.29, 0.717) is 11.1 Å². The molecule has 0 spiro atoms. The van der Waals surface area contributed by atoms with Crippen LogP contribution < -0.4 is 0 Å². The number of thiophene rings is 1. The molecule has 2 heterocycles. The highest BCUT2D eigenvalue weighted by Gasteiger charge is 2.21. The van der Waals surface area contributed by atoms with E-state index in [1.807, 2.05) is 0 Å². The molecule has 0 bridgehead atoms. The summed E-state index contributed by atoms with van der Waals surface area (Å²) < 4.78 is 10.2. The molecule has 0 amide bonds. The van der Waals surface area contributed by atoms with E-state index in [-0.39, 0.29) is 11.7 Å². The SMILES string of the molecule is COC(=O)CSc1nnc(-c2cc3c(s2)CC[C@@H](C)C3)o1. The summed E-state index contributed by atoms with van der Waals surface area (Å²) >= 11 is 2.93. The summed E-state index contributed by atoms with van der Waals surface area (Å²) in [6.45, 7) is 2.29. The number of carbonyl (C=O) groups is 1. The number of hydrogen-bond donors (Lipinski definition) is 0. The number of esters is 1. The molecule has 1 aliphatic rings. The number of aryl methyl sites for hydroxylation is 1. The fourth-order valence-electron chi connectivity index (χ4n) is 2.36. The number of aromatic nitrogens is 2. The first-order valence-electron chi connectivity index (χ1n) is 6.80. The summed E-state index contributed by atoms with van der Waals surface area (Å²) in [5, 5.41) is 8.44. The lowest BCUT2D eigenvalue weighted by Gasteiger charge is -2.16. The average Bonchev–Trinajstić information content (AvgIpc) is 3.10. The van der Waals surface area contributed by atoms with Crippen molar-refractivity contribution in [3.8, 4) is 10.8 Å². The molecule has 3 rings (SSSR count). The van der Waals surface area contributed by atoms with Crippen molar-refractivity contribution >= 4 is 29.1 Å². The van der Waals surface area contributed by atoms with E-state index < -0.39 is 0 Å². The van der Waals surface area contributed by atoms with Crippen LogP contribution in [0.5, 0.6) is 0 Å². The van der Waals surface area contributed by atoms with Crippen molar-refractivity contribution in [1.82, 2.24) is 10.2 Å². The Morgan fingerprint density at radius 2 is 2.43 bits per heavy atom. The van der Waals surface area contributed by atoms with Crippen molar-refractivity contribution in [2.45, 2.75) is 31.4 Å². The molecule has 1 atom stereocenters. The molecule has 0 unspecified atom stereocenters. The molecule has 0 N–H and O–H groups in total. The second-order valence-electron chi connectivity index (χ2n) is 5.14. The lowest BCUT2D eigenvalue weighted by Crippen LogP contribution is -2.07. The number of rotatable bonds is 4. The lowest BCUT2D eigenvalue weighted by atomic mass is 9.90. The van der Waals surface area contributed by atoms with Crippen LogP contribution in [0.1, 0.15) is 23.8 Å². The first-order valence-corrected chi connectivity index (χ1v) is 8.61. The minimum Gasteiger partial charge on any atom is -0.468 e. The van der Waals surface area contributed by atoms with Gasteiger partial charge in [0.05, 0.1) is 12.0 Å². The molecule has 0 fully saturated rings. The normalized spacial score (nSPS) is 17.5. The second kappa shape index (κ2) is 6.19. The fourth-order valence-corrected chi connectivity index (χ4v) is 4.08. The van der Waals surface area contributed by atoms with Gasteiger partial charge in [-0.25, -0.2) is 0 Å². The minimum absolute atomic E-state index is 0.177. The van der Waals surface area contributed by atoms with Gasteiger partial charge < -0.3 is 9.15 Å². The van der Waals surface area contributed by atoms with Gasteiger partial charge in [0.25, 0.3) is 11.1 Å². The van der Waals surface area contributed by atoms with E-state index >= 15 is 0 Å². The molecule has 0 saturated heterocycles. The van der Waals surface area contributed by atoms with Gasteiger partial charge in [0.2, 0.25) is 0 Å². The Morgan fingerprint density at radius 1 is 1.57 bits per heavy atom. The molecule has 0 aromatic carbocycles. The highest BCUT2D eigenvalue weighted by atomic mass is 32.2. The van der Waals surface area contributed by atoms with Crippen LogP contribution in [0.25, 0.3) is 10.8 Å². The molecule has 0 aliphatic heterocycles. The summed E-state index contributed by atoms with van der Waals surface area (Å²) in [6, 6.07) is 2.16. The molecule has 112 valence electrons. The average molecular weight is 324 g/mol. The number of fused-ring (bicyclic) bond motifs is 1. The van der Waals surface area contributed by atoms with Crippen molar-refractivity contribution in [2.24, 2.45) is 5.92 Å². The van der Waals surface area contributed by atoms with E-state index in [0.717, 1.165) is 23.6 Å². The van der Waals surface area contributed by atoms with Crippen molar-refractivity contribution in [3.05, 3.63) is 16.5 Å². The number of methoxy groups -OCH3 is 1. The van der Waals surface area contributed by atoms with Gasteiger partial charge in [-0.3, -0.25) is 4.79 Å². The lowest BCUT2D eigenvalue weighted by molar-refractivity contribution is -0.137. The highest BCUT2D eigenvalue weighted by Crippen LogP contribution is 2.37. The van der Waals surface area contributed by atoms with Crippen LogP contribution >= 0.6 is 23.1 Å². The molecule has 1 aliphatic carbocycles. The molecule has 0 radical (unpaired) electrons. The Bertz CT molecular complexity index is 650. The summed E-state index contributed by atoms with van der Waals surface area (Å²) in [5.41, 5.74) is 1.41. The zero-order valence-electron chi connectivity index (χ0n) is 11.9.